The molecule has 128 valence electrons. The van der Waals surface area contributed by atoms with E-state index in [2.05, 4.69) is 10.3 Å². The van der Waals surface area contributed by atoms with Gasteiger partial charge in [-0.15, -0.1) is 11.3 Å². The Morgan fingerprint density at radius 2 is 1.80 bits per heavy atom. The number of aryl methyl sites for hydroxylation is 1. The molecule has 0 bridgehead atoms. The highest BCUT2D eigenvalue weighted by atomic mass is 32.1. The number of nitrogens with one attached hydrogen (secondary N) is 1. The lowest BCUT2D eigenvalue weighted by molar-refractivity contribution is 0.0947. The van der Waals surface area contributed by atoms with Crippen molar-refractivity contribution in [2.24, 2.45) is 0 Å². The fourth-order valence-corrected chi connectivity index (χ4v) is 3.28. The third-order valence-corrected chi connectivity index (χ3v) is 4.69. The molecule has 4 nitrogen and oxygen atoms in total. The topological polar surface area (TPSA) is 51.2 Å². The zero-order chi connectivity index (χ0) is 17.6. The first kappa shape index (κ1) is 17.2. The zero-order valence-corrected chi connectivity index (χ0v) is 15.0. The molecule has 1 N–H and O–H groups in total. The molecule has 0 aliphatic carbocycles. The second-order valence-electron chi connectivity index (χ2n) is 5.56. The van der Waals surface area contributed by atoms with E-state index in [0.717, 1.165) is 21.9 Å². The van der Waals surface area contributed by atoms with Gasteiger partial charge in [-0.05, 0) is 37.1 Å². The van der Waals surface area contributed by atoms with Crippen LogP contribution in [0.4, 0.5) is 0 Å². The molecule has 0 spiro atoms. The summed E-state index contributed by atoms with van der Waals surface area (Å²) >= 11 is 1.39. The first-order valence-corrected chi connectivity index (χ1v) is 9.00. The highest BCUT2D eigenvalue weighted by molar-refractivity contribution is 7.13. The molecule has 3 rings (SSSR count). The number of ether oxygens (including phenoxy) is 1. The molecule has 0 aliphatic heterocycles. The molecule has 1 heterocycles. The predicted octanol–water partition coefficient (Wildman–Crippen LogP) is 4.37. The minimum atomic E-state index is -0.230. The summed E-state index contributed by atoms with van der Waals surface area (Å²) < 4.78 is 5.51. The van der Waals surface area contributed by atoms with E-state index in [1.807, 2.05) is 68.4 Å². The SMILES string of the molecule is CCOc1ccc(C(NC(=O)c2cnc(C)s2)c2ccccc2)cc1. The molecule has 1 amide bonds. The van der Waals surface area contributed by atoms with Gasteiger partial charge in [-0.1, -0.05) is 42.5 Å². The van der Waals surface area contributed by atoms with Crippen LogP contribution in [-0.2, 0) is 0 Å². The van der Waals surface area contributed by atoms with Gasteiger partial charge in [0.1, 0.15) is 10.6 Å². The quantitative estimate of drug-likeness (QED) is 0.717. The number of nitrogens with zero attached hydrogens (tertiary/aromatic N) is 1. The summed E-state index contributed by atoms with van der Waals surface area (Å²) in [4.78, 5) is 17.4. The van der Waals surface area contributed by atoms with Gasteiger partial charge < -0.3 is 10.1 Å². The van der Waals surface area contributed by atoms with Gasteiger partial charge in [-0.3, -0.25) is 4.79 Å². The lowest BCUT2D eigenvalue weighted by Gasteiger charge is -2.20. The fraction of sp³-hybridized carbons (Fsp3) is 0.200. The number of amides is 1. The molecule has 1 aromatic heterocycles. The van der Waals surface area contributed by atoms with Crippen molar-refractivity contribution in [2.75, 3.05) is 6.61 Å². The number of thiazole rings is 1. The molecule has 25 heavy (non-hydrogen) atoms. The van der Waals surface area contributed by atoms with Crippen LogP contribution in [0.5, 0.6) is 5.75 Å². The van der Waals surface area contributed by atoms with Crippen molar-refractivity contribution >= 4 is 17.2 Å². The molecule has 3 aromatic rings. The number of hydrogen-bond donors (Lipinski definition) is 1. The highest BCUT2D eigenvalue weighted by Crippen LogP contribution is 2.25. The highest BCUT2D eigenvalue weighted by Gasteiger charge is 2.19. The fourth-order valence-electron chi connectivity index (χ4n) is 2.60. The molecular weight excluding hydrogens is 332 g/mol. The van der Waals surface area contributed by atoms with Gasteiger partial charge in [0.25, 0.3) is 5.91 Å². The van der Waals surface area contributed by atoms with E-state index in [1.165, 1.54) is 11.3 Å². The third-order valence-electron chi connectivity index (χ3n) is 3.78. The van der Waals surface area contributed by atoms with E-state index in [-0.39, 0.29) is 11.9 Å². The van der Waals surface area contributed by atoms with Crippen LogP contribution in [0.3, 0.4) is 0 Å². The van der Waals surface area contributed by atoms with Gasteiger partial charge in [-0.25, -0.2) is 4.98 Å². The number of aromatic nitrogens is 1. The van der Waals surface area contributed by atoms with Crippen LogP contribution in [0.2, 0.25) is 0 Å². The van der Waals surface area contributed by atoms with Crippen LogP contribution in [0.1, 0.15) is 38.8 Å². The van der Waals surface area contributed by atoms with Crippen molar-refractivity contribution in [3.8, 4) is 5.75 Å². The Bertz CT molecular complexity index is 828. The van der Waals surface area contributed by atoms with Gasteiger partial charge in [0.15, 0.2) is 0 Å². The van der Waals surface area contributed by atoms with Crippen molar-refractivity contribution in [3.05, 3.63) is 81.8 Å². The van der Waals surface area contributed by atoms with Gasteiger partial charge >= 0.3 is 0 Å². The maximum atomic E-state index is 12.6. The van der Waals surface area contributed by atoms with Crippen molar-refractivity contribution < 1.29 is 9.53 Å². The summed E-state index contributed by atoms with van der Waals surface area (Å²) in [6.45, 7) is 4.48. The Hall–Kier alpha value is -2.66. The normalized spacial score (nSPS) is 11.8. The average Bonchev–Trinajstić information content (AvgIpc) is 3.08. The summed E-state index contributed by atoms with van der Waals surface area (Å²) in [6, 6.07) is 17.5. The van der Waals surface area contributed by atoms with E-state index in [0.29, 0.717) is 11.5 Å². The number of benzene rings is 2. The zero-order valence-electron chi connectivity index (χ0n) is 14.2. The molecule has 0 saturated heterocycles. The average molecular weight is 352 g/mol. The summed E-state index contributed by atoms with van der Waals surface area (Å²) in [5.74, 6) is 0.704. The van der Waals surface area contributed by atoms with Gasteiger partial charge in [0.2, 0.25) is 0 Å². The van der Waals surface area contributed by atoms with Crippen molar-refractivity contribution in [2.45, 2.75) is 19.9 Å². The van der Waals surface area contributed by atoms with Crippen LogP contribution < -0.4 is 10.1 Å². The van der Waals surface area contributed by atoms with E-state index in [4.69, 9.17) is 4.74 Å². The molecule has 5 heteroatoms. The third kappa shape index (κ3) is 4.25. The maximum absolute atomic E-state index is 12.6. The molecule has 0 aliphatic rings. The monoisotopic (exact) mass is 352 g/mol. The first-order valence-electron chi connectivity index (χ1n) is 8.18. The van der Waals surface area contributed by atoms with Crippen LogP contribution in [0.25, 0.3) is 0 Å². The number of carbonyl (C=O) groups is 1. The largest absolute Gasteiger partial charge is 0.494 e. The summed E-state index contributed by atoms with van der Waals surface area (Å²) in [6.07, 6.45) is 1.62. The maximum Gasteiger partial charge on any atom is 0.263 e. The van der Waals surface area contributed by atoms with E-state index in [1.54, 1.807) is 6.20 Å². The molecule has 2 aromatic carbocycles. The molecule has 0 fully saturated rings. The number of hydrogen-bond acceptors (Lipinski definition) is 4. The van der Waals surface area contributed by atoms with Crippen molar-refractivity contribution in [1.82, 2.24) is 10.3 Å². The smallest absolute Gasteiger partial charge is 0.263 e. The van der Waals surface area contributed by atoms with Gasteiger partial charge in [0.05, 0.1) is 23.9 Å². The Morgan fingerprint density at radius 1 is 1.12 bits per heavy atom. The molecule has 0 radical (unpaired) electrons. The molecule has 1 atom stereocenters. The van der Waals surface area contributed by atoms with Crippen LogP contribution >= 0.6 is 11.3 Å². The van der Waals surface area contributed by atoms with Crippen LogP contribution in [0.15, 0.2) is 60.8 Å². The molecular formula is C20H20N2O2S. The van der Waals surface area contributed by atoms with Crippen LogP contribution in [0, 0.1) is 6.92 Å². The van der Waals surface area contributed by atoms with E-state index in [9.17, 15) is 4.79 Å². The van der Waals surface area contributed by atoms with Gasteiger partial charge in [0, 0.05) is 0 Å². The predicted molar refractivity (Wildman–Crippen MR) is 100 cm³/mol. The Kier molecular flexibility index (Phi) is 5.46. The second kappa shape index (κ2) is 7.94. The van der Waals surface area contributed by atoms with Crippen molar-refractivity contribution in [1.29, 1.82) is 0 Å². The summed E-state index contributed by atoms with van der Waals surface area (Å²) in [5.41, 5.74) is 2.03. The Balaban J connectivity index is 1.88. The Morgan fingerprint density at radius 3 is 2.40 bits per heavy atom. The minimum Gasteiger partial charge on any atom is -0.494 e. The molecule has 1 unspecified atom stereocenters. The minimum absolute atomic E-state index is 0.117. The number of rotatable bonds is 6. The standard InChI is InChI=1S/C20H20N2O2S/c1-3-24-17-11-9-16(10-12-17)19(15-7-5-4-6-8-15)22-20(23)18-13-21-14(2)25-18/h4-13,19H,3H2,1-2H3,(H,22,23). The second-order valence-corrected chi connectivity index (χ2v) is 6.80. The lowest BCUT2D eigenvalue weighted by atomic mass is 9.98. The Labute approximate surface area is 151 Å². The van der Waals surface area contributed by atoms with Gasteiger partial charge in [-0.2, -0.15) is 0 Å². The first-order chi connectivity index (χ1) is 12.2. The van der Waals surface area contributed by atoms with Crippen molar-refractivity contribution in [3.63, 3.8) is 0 Å². The number of carbonyl (C=O) groups excluding carboxylic acids is 1. The molecule has 0 saturated carbocycles. The lowest BCUT2D eigenvalue weighted by Crippen LogP contribution is -2.28. The van der Waals surface area contributed by atoms with E-state index < -0.39 is 0 Å². The summed E-state index contributed by atoms with van der Waals surface area (Å²) in [7, 11) is 0. The van der Waals surface area contributed by atoms with E-state index >= 15 is 0 Å². The van der Waals surface area contributed by atoms with Crippen LogP contribution in [-0.4, -0.2) is 17.5 Å². The summed E-state index contributed by atoms with van der Waals surface area (Å²) in [5, 5.41) is 4.00.